The van der Waals surface area contributed by atoms with Gasteiger partial charge in [0.15, 0.2) is 0 Å². The zero-order chi connectivity index (χ0) is 16.4. The van der Waals surface area contributed by atoms with Gasteiger partial charge in [0.25, 0.3) is 0 Å². The van der Waals surface area contributed by atoms with Gasteiger partial charge in [-0.1, -0.05) is 0 Å². The number of carbonyl (C=O) groups is 1. The Kier molecular flexibility index (Phi) is 4.80. The van der Waals surface area contributed by atoms with E-state index >= 15 is 0 Å². The summed E-state index contributed by atoms with van der Waals surface area (Å²) in [5.74, 6) is 0. The Bertz CT molecular complexity index is 521. The number of nitrogens with zero attached hydrogens (tertiary/aromatic N) is 2. The van der Waals surface area contributed by atoms with E-state index in [-0.39, 0.29) is 17.7 Å². The molecule has 1 saturated heterocycles. The van der Waals surface area contributed by atoms with E-state index in [1.807, 2.05) is 33.3 Å². The molecule has 1 fully saturated rings. The van der Waals surface area contributed by atoms with Gasteiger partial charge in [0.05, 0.1) is 18.0 Å². The molecule has 0 aliphatic carbocycles. The monoisotopic (exact) mass is 309 g/mol. The fourth-order valence-electron chi connectivity index (χ4n) is 2.72. The molecular weight excluding hydrogens is 282 g/mol. The maximum atomic E-state index is 11.7. The van der Waals surface area contributed by atoms with Gasteiger partial charge in [-0.15, -0.1) is 0 Å². The van der Waals surface area contributed by atoms with Crippen molar-refractivity contribution in [3.8, 4) is 0 Å². The number of alkyl carbamates (subject to hydrolysis) is 1. The number of aromatic nitrogens is 2. The fraction of sp³-hybridized carbons (Fsp3) is 0.750. The lowest BCUT2D eigenvalue weighted by molar-refractivity contribution is 0.0527. The van der Waals surface area contributed by atoms with Crippen LogP contribution in [0.4, 0.5) is 4.79 Å². The largest absolute Gasteiger partial charge is 0.444 e. The van der Waals surface area contributed by atoms with Crippen LogP contribution in [0.15, 0.2) is 12.5 Å². The van der Waals surface area contributed by atoms with Gasteiger partial charge >= 0.3 is 6.09 Å². The molecule has 2 atom stereocenters. The van der Waals surface area contributed by atoms with Crippen molar-refractivity contribution in [2.75, 3.05) is 13.2 Å². The maximum absolute atomic E-state index is 11.7. The van der Waals surface area contributed by atoms with Crippen LogP contribution >= 0.6 is 0 Å². The molecule has 22 heavy (non-hydrogen) atoms. The zero-order valence-electron chi connectivity index (χ0n) is 14.2. The molecule has 0 spiro atoms. The van der Waals surface area contributed by atoms with Crippen LogP contribution in [-0.2, 0) is 21.4 Å². The third-order valence-electron chi connectivity index (χ3n) is 4.17. The molecule has 2 rings (SSSR count). The van der Waals surface area contributed by atoms with Gasteiger partial charge in [0.1, 0.15) is 5.60 Å². The van der Waals surface area contributed by atoms with Gasteiger partial charge in [0, 0.05) is 31.5 Å². The average molecular weight is 309 g/mol. The first-order chi connectivity index (χ1) is 10.2. The third kappa shape index (κ3) is 3.80. The Hall–Kier alpha value is -1.56. The van der Waals surface area contributed by atoms with E-state index in [1.165, 1.54) is 0 Å². The molecule has 124 valence electrons. The van der Waals surface area contributed by atoms with Gasteiger partial charge in [-0.05, 0) is 41.0 Å². The van der Waals surface area contributed by atoms with E-state index < -0.39 is 5.60 Å². The lowest BCUT2D eigenvalue weighted by Gasteiger charge is -2.31. The van der Waals surface area contributed by atoms with Crippen molar-refractivity contribution >= 4 is 6.09 Å². The summed E-state index contributed by atoms with van der Waals surface area (Å²) in [5.41, 5.74) is 0.546. The lowest BCUT2D eigenvalue weighted by Crippen LogP contribution is -2.38. The highest BCUT2D eigenvalue weighted by atomic mass is 16.6. The lowest BCUT2D eigenvalue weighted by atomic mass is 9.94. The molecule has 6 nitrogen and oxygen atoms in total. The molecule has 0 radical (unpaired) electrons. The zero-order valence-corrected chi connectivity index (χ0v) is 14.2. The second kappa shape index (κ2) is 6.28. The molecule has 0 saturated carbocycles. The number of nitrogens with one attached hydrogen (secondary N) is 1. The molecule has 6 heteroatoms. The Labute approximate surface area is 132 Å². The van der Waals surface area contributed by atoms with Crippen LogP contribution in [0, 0.1) is 0 Å². The Morgan fingerprint density at radius 2 is 2.32 bits per heavy atom. The van der Waals surface area contributed by atoms with E-state index in [9.17, 15) is 4.79 Å². The summed E-state index contributed by atoms with van der Waals surface area (Å²) in [4.78, 5) is 15.9. The summed E-state index contributed by atoms with van der Waals surface area (Å²) < 4.78 is 13.1. The van der Waals surface area contributed by atoms with Crippen molar-refractivity contribution in [1.29, 1.82) is 0 Å². The van der Waals surface area contributed by atoms with Crippen molar-refractivity contribution in [1.82, 2.24) is 14.9 Å². The minimum Gasteiger partial charge on any atom is -0.444 e. The first-order valence-corrected chi connectivity index (χ1v) is 7.82. The predicted octanol–water partition coefficient (Wildman–Crippen LogP) is 2.47. The van der Waals surface area contributed by atoms with Gasteiger partial charge in [-0.2, -0.15) is 0 Å². The molecule has 1 amide bonds. The first kappa shape index (κ1) is 16.8. The number of hydrogen-bond acceptors (Lipinski definition) is 4. The quantitative estimate of drug-likeness (QED) is 0.928. The number of carbonyl (C=O) groups excluding carboxylic acids is 1. The second-order valence-corrected chi connectivity index (χ2v) is 7.05. The van der Waals surface area contributed by atoms with Gasteiger partial charge in [0.2, 0.25) is 0 Å². The van der Waals surface area contributed by atoms with E-state index in [0.717, 1.165) is 18.7 Å². The summed E-state index contributed by atoms with van der Waals surface area (Å²) in [6.07, 6.45) is 5.15. The van der Waals surface area contributed by atoms with Gasteiger partial charge in [-0.25, -0.2) is 9.78 Å². The Balaban J connectivity index is 1.93. The summed E-state index contributed by atoms with van der Waals surface area (Å²) in [6.45, 7) is 11.1. The molecule has 0 aromatic carbocycles. The van der Waals surface area contributed by atoms with Crippen LogP contribution < -0.4 is 5.32 Å². The summed E-state index contributed by atoms with van der Waals surface area (Å²) in [6, 6.07) is 0. The van der Waals surface area contributed by atoms with Crippen LogP contribution in [0.25, 0.3) is 0 Å². The minimum atomic E-state index is -0.476. The van der Waals surface area contributed by atoms with Crippen LogP contribution in [0.5, 0.6) is 0 Å². The fourth-order valence-corrected chi connectivity index (χ4v) is 2.72. The Morgan fingerprint density at radius 3 is 2.91 bits per heavy atom. The maximum Gasteiger partial charge on any atom is 0.407 e. The topological polar surface area (TPSA) is 65.4 Å². The molecule has 1 aromatic heterocycles. The summed E-state index contributed by atoms with van der Waals surface area (Å²) in [7, 11) is 0. The van der Waals surface area contributed by atoms with Crippen LogP contribution in [0.2, 0.25) is 0 Å². The van der Waals surface area contributed by atoms with Gasteiger partial charge in [-0.3, -0.25) is 0 Å². The van der Waals surface area contributed by atoms with Crippen molar-refractivity contribution in [3.63, 3.8) is 0 Å². The highest BCUT2D eigenvalue weighted by Gasteiger charge is 2.39. The summed E-state index contributed by atoms with van der Waals surface area (Å²) >= 11 is 0. The molecule has 2 unspecified atom stereocenters. The van der Waals surface area contributed by atoms with Crippen LogP contribution in [0.1, 0.15) is 46.7 Å². The number of rotatable bonds is 4. The Morgan fingerprint density at radius 1 is 1.59 bits per heavy atom. The summed E-state index contributed by atoms with van der Waals surface area (Å²) in [5, 5.41) is 2.79. The van der Waals surface area contributed by atoms with Crippen molar-refractivity contribution in [3.05, 3.63) is 18.2 Å². The van der Waals surface area contributed by atoms with E-state index in [4.69, 9.17) is 9.47 Å². The second-order valence-electron chi connectivity index (χ2n) is 7.05. The molecule has 0 bridgehead atoms. The van der Waals surface area contributed by atoms with Crippen molar-refractivity contribution in [2.45, 2.75) is 64.7 Å². The standard InChI is InChI=1S/C16H27N3O3/c1-12-16(5,7-9-21-12)19-11-17-10-13(19)6-8-18-14(20)22-15(2,3)4/h10-12H,6-9H2,1-5H3,(H,18,20). The number of imidazole rings is 1. The van der Waals surface area contributed by atoms with Gasteiger partial charge < -0.3 is 19.4 Å². The molecule has 1 aliphatic rings. The number of ether oxygens (including phenoxy) is 2. The first-order valence-electron chi connectivity index (χ1n) is 7.82. The van der Waals surface area contributed by atoms with Crippen LogP contribution in [-0.4, -0.2) is 40.5 Å². The normalized spacial score (nSPS) is 25.2. The van der Waals surface area contributed by atoms with E-state index in [0.29, 0.717) is 13.0 Å². The van der Waals surface area contributed by atoms with E-state index in [1.54, 1.807) is 0 Å². The SMILES string of the molecule is CC1OCCC1(C)n1cncc1CCNC(=O)OC(C)(C)C. The third-order valence-corrected chi connectivity index (χ3v) is 4.17. The van der Waals surface area contributed by atoms with Crippen molar-refractivity contribution < 1.29 is 14.3 Å². The number of amides is 1. The molecular formula is C16H27N3O3. The predicted molar refractivity (Wildman–Crippen MR) is 83.8 cm³/mol. The number of hydrogen-bond donors (Lipinski definition) is 1. The van der Waals surface area contributed by atoms with Crippen molar-refractivity contribution in [2.24, 2.45) is 0 Å². The molecule has 2 heterocycles. The molecule has 1 aromatic rings. The van der Waals surface area contributed by atoms with Crippen LogP contribution in [0.3, 0.4) is 0 Å². The molecule has 1 aliphatic heterocycles. The average Bonchev–Trinajstić information content (AvgIpc) is 2.96. The highest BCUT2D eigenvalue weighted by molar-refractivity contribution is 5.67. The highest BCUT2D eigenvalue weighted by Crippen LogP contribution is 2.33. The minimum absolute atomic E-state index is 0.0717. The smallest absolute Gasteiger partial charge is 0.407 e. The molecule has 1 N–H and O–H groups in total. The van der Waals surface area contributed by atoms with E-state index in [2.05, 4.69) is 28.7 Å².